The standard InChI is InChI=1S/C16H17N3O6/c1-16(2)14-9-11(17-18(14)7-8-24-16)10-23-15(20)25-13-5-3-12(4-6-13)19(21)22/h3-6,9H,7-8,10H2,1-2H3. The number of hydrogen-bond acceptors (Lipinski definition) is 7. The first kappa shape index (κ1) is 16.9. The van der Waals surface area contributed by atoms with Crippen LogP contribution in [0.5, 0.6) is 5.75 Å². The van der Waals surface area contributed by atoms with Crippen molar-refractivity contribution in [1.82, 2.24) is 9.78 Å². The van der Waals surface area contributed by atoms with Crippen LogP contribution < -0.4 is 4.74 Å². The minimum Gasteiger partial charge on any atom is -0.427 e. The first-order valence-electron chi connectivity index (χ1n) is 7.65. The number of nitro benzene ring substituents is 1. The highest BCUT2D eigenvalue weighted by molar-refractivity contribution is 5.64. The predicted octanol–water partition coefficient (Wildman–Crippen LogP) is 2.77. The number of hydrogen-bond donors (Lipinski definition) is 0. The van der Waals surface area contributed by atoms with Crippen LogP contribution in [0.3, 0.4) is 0 Å². The molecule has 0 unspecified atom stereocenters. The summed E-state index contributed by atoms with van der Waals surface area (Å²) in [6.07, 6.45) is -0.907. The molecule has 25 heavy (non-hydrogen) atoms. The normalized spacial score (nSPS) is 15.3. The van der Waals surface area contributed by atoms with Crippen molar-refractivity contribution in [3.63, 3.8) is 0 Å². The van der Waals surface area contributed by atoms with E-state index in [0.29, 0.717) is 18.8 Å². The van der Waals surface area contributed by atoms with Gasteiger partial charge in [0.2, 0.25) is 0 Å². The maximum absolute atomic E-state index is 11.7. The minimum absolute atomic E-state index is 0.0398. The summed E-state index contributed by atoms with van der Waals surface area (Å²) >= 11 is 0. The van der Waals surface area contributed by atoms with Crippen LogP contribution in [0.1, 0.15) is 25.2 Å². The molecule has 0 spiro atoms. The minimum atomic E-state index is -0.907. The van der Waals surface area contributed by atoms with Crippen LogP contribution in [0.4, 0.5) is 10.5 Å². The molecule has 0 atom stereocenters. The molecule has 132 valence electrons. The number of non-ortho nitro benzene ring substituents is 1. The fourth-order valence-corrected chi connectivity index (χ4v) is 2.55. The summed E-state index contributed by atoms with van der Waals surface area (Å²) in [5.74, 6) is 0.161. The molecule has 3 rings (SSSR count). The Bertz CT molecular complexity index is 797. The summed E-state index contributed by atoms with van der Waals surface area (Å²) in [4.78, 5) is 21.8. The zero-order chi connectivity index (χ0) is 18.0. The quantitative estimate of drug-likeness (QED) is 0.362. The fourth-order valence-electron chi connectivity index (χ4n) is 2.55. The summed E-state index contributed by atoms with van der Waals surface area (Å²) in [7, 11) is 0. The van der Waals surface area contributed by atoms with Crippen LogP contribution in [0.15, 0.2) is 30.3 Å². The zero-order valence-corrected chi connectivity index (χ0v) is 13.8. The number of nitrogens with zero attached hydrogens (tertiary/aromatic N) is 3. The molecular weight excluding hydrogens is 330 g/mol. The molecule has 1 aliphatic rings. The molecule has 0 amide bonds. The average molecular weight is 347 g/mol. The van der Waals surface area contributed by atoms with E-state index in [4.69, 9.17) is 14.2 Å². The summed E-state index contributed by atoms with van der Waals surface area (Å²) in [6, 6.07) is 6.98. The lowest BCUT2D eigenvalue weighted by molar-refractivity contribution is -0.384. The zero-order valence-electron chi connectivity index (χ0n) is 13.8. The van der Waals surface area contributed by atoms with Crippen LogP contribution in [0, 0.1) is 10.1 Å². The lowest BCUT2D eigenvalue weighted by Gasteiger charge is -2.30. The van der Waals surface area contributed by atoms with Gasteiger partial charge in [0.15, 0.2) is 0 Å². The summed E-state index contributed by atoms with van der Waals surface area (Å²) in [5.41, 5.74) is 0.979. The van der Waals surface area contributed by atoms with Gasteiger partial charge in [0.25, 0.3) is 5.69 Å². The van der Waals surface area contributed by atoms with Crippen LogP contribution in [0.25, 0.3) is 0 Å². The molecule has 0 N–H and O–H groups in total. The molecule has 2 heterocycles. The van der Waals surface area contributed by atoms with Gasteiger partial charge in [0.05, 0.1) is 23.8 Å². The average Bonchev–Trinajstić information content (AvgIpc) is 2.98. The van der Waals surface area contributed by atoms with E-state index in [9.17, 15) is 14.9 Å². The van der Waals surface area contributed by atoms with Gasteiger partial charge in [0, 0.05) is 12.1 Å². The van der Waals surface area contributed by atoms with Crippen LogP contribution in [-0.4, -0.2) is 27.5 Å². The molecule has 0 fully saturated rings. The van der Waals surface area contributed by atoms with E-state index in [0.717, 1.165) is 5.69 Å². The number of nitro groups is 1. The Morgan fingerprint density at radius 2 is 2.12 bits per heavy atom. The largest absolute Gasteiger partial charge is 0.514 e. The first-order valence-corrected chi connectivity index (χ1v) is 7.65. The summed E-state index contributed by atoms with van der Waals surface area (Å²) in [5, 5.41) is 15.0. The molecule has 1 aliphatic heterocycles. The maximum atomic E-state index is 11.7. The number of aromatic nitrogens is 2. The highest BCUT2D eigenvalue weighted by Gasteiger charge is 2.30. The second-order valence-electron chi connectivity index (χ2n) is 5.99. The highest BCUT2D eigenvalue weighted by atomic mass is 16.7. The van der Waals surface area contributed by atoms with Gasteiger partial charge in [-0.3, -0.25) is 14.8 Å². The molecule has 0 saturated carbocycles. The number of benzene rings is 1. The number of rotatable bonds is 4. The third kappa shape index (κ3) is 3.77. The van der Waals surface area contributed by atoms with E-state index in [2.05, 4.69) is 5.10 Å². The molecule has 0 radical (unpaired) electrons. The van der Waals surface area contributed by atoms with Crippen molar-refractivity contribution < 1.29 is 23.9 Å². The van der Waals surface area contributed by atoms with E-state index in [1.807, 2.05) is 24.6 Å². The van der Waals surface area contributed by atoms with Crippen LogP contribution in [-0.2, 0) is 28.2 Å². The van der Waals surface area contributed by atoms with E-state index < -0.39 is 16.7 Å². The molecule has 0 bridgehead atoms. The third-order valence-corrected chi connectivity index (χ3v) is 3.80. The molecule has 9 heteroatoms. The molecule has 0 saturated heterocycles. The van der Waals surface area contributed by atoms with Crippen molar-refractivity contribution in [3.05, 3.63) is 51.8 Å². The second-order valence-corrected chi connectivity index (χ2v) is 5.99. The second kappa shape index (κ2) is 6.52. The van der Waals surface area contributed by atoms with Crippen LogP contribution >= 0.6 is 0 Å². The van der Waals surface area contributed by atoms with Gasteiger partial charge in [-0.05, 0) is 32.0 Å². The van der Waals surface area contributed by atoms with E-state index in [1.54, 1.807) is 0 Å². The van der Waals surface area contributed by atoms with Crippen LogP contribution in [0.2, 0.25) is 0 Å². The van der Waals surface area contributed by atoms with E-state index >= 15 is 0 Å². The number of carbonyl (C=O) groups is 1. The third-order valence-electron chi connectivity index (χ3n) is 3.80. The van der Waals surface area contributed by atoms with Crippen molar-refractivity contribution in [3.8, 4) is 5.75 Å². The fraction of sp³-hybridized carbons (Fsp3) is 0.375. The van der Waals surface area contributed by atoms with Gasteiger partial charge in [-0.25, -0.2) is 4.79 Å². The predicted molar refractivity (Wildman–Crippen MR) is 85.1 cm³/mol. The lowest BCUT2D eigenvalue weighted by atomic mass is 10.0. The molecule has 1 aromatic heterocycles. The highest BCUT2D eigenvalue weighted by Crippen LogP contribution is 2.29. The van der Waals surface area contributed by atoms with Gasteiger partial charge in [-0.2, -0.15) is 5.10 Å². The Morgan fingerprint density at radius 3 is 2.76 bits per heavy atom. The van der Waals surface area contributed by atoms with Crippen molar-refractivity contribution >= 4 is 11.8 Å². The Labute approximate surface area is 143 Å². The Kier molecular flexibility index (Phi) is 4.41. The molecular formula is C16H17N3O6. The molecule has 2 aromatic rings. The van der Waals surface area contributed by atoms with Gasteiger partial charge in [0.1, 0.15) is 23.7 Å². The SMILES string of the molecule is CC1(C)OCCn2nc(COC(=O)Oc3ccc([N+](=O)[O-])cc3)cc21. The van der Waals surface area contributed by atoms with Gasteiger partial charge < -0.3 is 14.2 Å². The number of carbonyl (C=O) groups excluding carboxylic acids is 1. The number of ether oxygens (including phenoxy) is 3. The van der Waals surface area contributed by atoms with Crippen molar-refractivity contribution in [2.24, 2.45) is 0 Å². The lowest BCUT2D eigenvalue weighted by Crippen LogP contribution is -2.33. The topological polar surface area (TPSA) is 106 Å². The van der Waals surface area contributed by atoms with Crippen molar-refractivity contribution in [2.75, 3.05) is 6.61 Å². The smallest absolute Gasteiger partial charge is 0.427 e. The Morgan fingerprint density at radius 1 is 1.40 bits per heavy atom. The van der Waals surface area contributed by atoms with Gasteiger partial charge in [-0.1, -0.05) is 0 Å². The van der Waals surface area contributed by atoms with Crippen molar-refractivity contribution in [2.45, 2.75) is 32.6 Å². The molecule has 0 aliphatic carbocycles. The monoisotopic (exact) mass is 347 g/mol. The summed E-state index contributed by atoms with van der Waals surface area (Å²) in [6.45, 7) is 5.08. The Hall–Kier alpha value is -2.94. The number of fused-ring (bicyclic) bond motifs is 1. The molecule has 9 nitrogen and oxygen atoms in total. The van der Waals surface area contributed by atoms with Crippen molar-refractivity contribution in [1.29, 1.82) is 0 Å². The summed E-state index contributed by atoms with van der Waals surface area (Å²) < 4.78 is 17.5. The van der Waals surface area contributed by atoms with E-state index in [1.165, 1.54) is 24.3 Å². The maximum Gasteiger partial charge on any atom is 0.514 e. The Balaban J connectivity index is 1.58. The first-order chi connectivity index (χ1) is 11.8. The van der Waals surface area contributed by atoms with Gasteiger partial charge >= 0.3 is 6.16 Å². The van der Waals surface area contributed by atoms with Gasteiger partial charge in [-0.15, -0.1) is 0 Å². The molecule has 1 aromatic carbocycles. The van der Waals surface area contributed by atoms with E-state index in [-0.39, 0.29) is 18.0 Å².